The van der Waals surface area contributed by atoms with Crippen molar-refractivity contribution in [3.63, 3.8) is 0 Å². The Kier molecular flexibility index (Phi) is 6.56. The molecule has 0 aliphatic heterocycles. The first-order valence-electron chi connectivity index (χ1n) is 8.64. The first kappa shape index (κ1) is 21.1. The van der Waals surface area contributed by atoms with Crippen LogP contribution in [0.2, 0.25) is 0 Å². The van der Waals surface area contributed by atoms with Gasteiger partial charge in [-0.2, -0.15) is 0 Å². The van der Waals surface area contributed by atoms with Gasteiger partial charge in [-0.05, 0) is 54.2 Å². The van der Waals surface area contributed by atoms with Gasteiger partial charge in [0.25, 0.3) is 0 Å². The van der Waals surface area contributed by atoms with Gasteiger partial charge in [-0.1, -0.05) is 6.92 Å². The Morgan fingerprint density at radius 3 is 1.50 bits per heavy atom. The lowest BCUT2D eigenvalue weighted by atomic mass is 9.92. The number of anilines is 2. The van der Waals surface area contributed by atoms with Crippen LogP contribution in [0.3, 0.4) is 0 Å². The van der Waals surface area contributed by atoms with E-state index in [1.54, 1.807) is 14.1 Å². The van der Waals surface area contributed by atoms with E-state index in [2.05, 4.69) is 10.6 Å². The predicted molar refractivity (Wildman–Crippen MR) is 102 cm³/mol. The number of carboxylic acid groups (broad SMARTS) is 2. The molecule has 0 fully saturated rings. The smallest absolute Gasteiger partial charge is 0.337 e. The van der Waals surface area contributed by atoms with Crippen molar-refractivity contribution in [2.75, 3.05) is 24.7 Å². The molecule has 0 aliphatic rings. The molecule has 6 nitrogen and oxygen atoms in total. The number of carboxylic acids is 2. The minimum absolute atomic E-state index is 0.162. The molecule has 0 unspecified atom stereocenters. The maximum absolute atomic E-state index is 14.3. The summed E-state index contributed by atoms with van der Waals surface area (Å²) in [6.45, 7) is 1.81. The van der Waals surface area contributed by atoms with Crippen LogP contribution in [0.15, 0.2) is 24.3 Å². The number of carbonyl (C=O) groups is 2. The van der Waals surface area contributed by atoms with Crippen LogP contribution in [0.4, 0.5) is 20.2 Å². The van der Waals surface area contributed by atoms with Gasteiger partial charge in [-0.3, -0.25) is 0 Å². The van der Waals surface area contributed by atoms with Gasteiger partial charge >= 0.3 is 11.9 Å². The molecule has 0 spiro atoms. The van der Waals surface area contributed by atoms with Crippen molar-refractivity contribution in [2.24, 2.45) is 5.92 Å². The van der Waals surface area contributed by atoms with Crippen LogP contribution in [-0.2, 0) is 12.8 Å². The maximum Gasteiger partial charge on any atom is 0.337 e. The zero-order chi connectivity index (χ0) is 21.0. The van der Waals surface area contributed by atoms with Crippen molar-refractivity contribution in [1.82, 2.24) is 0 Å². The summed E-state index contributed by atoms with van der Waals surface area (Å²) >= 11 is 0. The number of rotatable bonds is 8. The largest absolute Gasteiger partial charge is 0.478 e. The molecular weight excluding hydrogens is 370 g/mol. The number of halogens is 2. The number of hydrogen-bond donors (Lipinski definition) is 4. The van der Waals surface area contributed by atoms with Crippen molar-refractivity contribution < 1.29 is 28.6 Å². The Hall–Kier alpha value is -3.16. The van der Waals surface area contributed by atoms with E-state index in [0.29, 0.717) is 22.5 Å². The summed E-state index contributed by atoms with van der Waals surface area (Å²) in [5.41, 5.74) is 0.906. The highest BCUT2D eigenvalue weighted by atomic mass is 19.1. The van der Waals surface area contributed by atoms with Crippen molar-refractivity contribution in [2.45, 2.75) is 19.8 Å². The zero-order valence-corrected chi connectivity index (χ0v) is 15.8. The van der Waals surface area contributed by atoms with Gasteiger partial charge in [-0.25, -0.2) is 18.4 Å². The van der Waals surface area contributed by atoms with Crippen molar-refractivity contribution in [3.8, 4) is 0 Å². The third-order valence-corrected chi connectivity index (χ3v) is 4.51. The number of nitrogens with one attached hydrogen (secondary N) is 2. The maximum atomic E-state index is 14.3. The Bertz CT molecular complexity index is 842. The molecule has 0 aliphatic carbocycles. The highest BCUT2D eigenvalue weighted by Gasteiger charge is 2.19. The van der Waals surface area contributed by atoms with Crippen molar-refractivity contribution in [1.29, 1.82) is 0 Å². The molecule has 2 aromatic rings. The fourth-order valence-electron chi connectivity index (χ4n) is 3.14. The quantitative estimate of drug-likeness (QED) is 0.544. The van der Waals surface area contributed by atoms with Gasteiger partial charge in [0, 0.05) is 25.5 Å². The minimum Gasteiger partial charge on any atom is -0.478 e. The van der Waals surface area contributed by atoms with Crippen LogP contribution in [-0.4, -0.2) is 36.2 Å². The predicted octanol–water partition coefficient (Wildman–Crippen LogP) is 3.87. The van der Waals surface area contributed by atoms with E-state index in [1.165, 1.54) is 12.1 Å². The average Bonchev–Trinajstić information content (AvgIpc) is 2.63. The average molecular weight is 392 g/mol. The van der Waals surface area contributed by atoms with Crippen LogP contribution in [0.1, 0.15) is 38.8 Å². The topological polar surface area (TPSA) is 98.7 Å². The highest BCUT2D eigenvalue weighted by Crippen LogP contribution is 2.26. The third kappa shape index (κ3) is 4.57. The molecular formula is C20H22F2N2O4. The van der Waals surface area contributed by atoms with Gasteiger partial charge in [-0.15, -0.1) is 0 Å². The summed E-state index contributed by atoms with van der Waals surface area (Å²) in [6.07, 6.45) is 0.519. The molecule has 8 heteroatoms. The van der Waals surface area contributed by atoms with Crippen LogP contribution in [0.5, 0.6) is 0 Å². The van der Waals surface area contributed by atoms with Gasteiger partial charge < -0.3 is 20.8 Å². The first-order valence-corrected chi connectivity index (χ1v) is 8.64. The van der Waals surface area contributed by atoms with E-state index in [0.717, 1.165) is 12.1 Å². The van der Waals surface area contributed by atoms with Crippen molar-refractivity contribution in [3.05, 3.63) is 58.2 Å². The summed E-state index contributed by atoms with van der Waals surface area (Å²) < 4.78 is 28.7. The highest BCUT2D eigenvalue weighted by molar-refractivity contribution is 5.95. The molecule has 0 amide bonds. The van der Waals surface area contributed by atoms with Gasteiger partial charge in [0.2, 0.25) is 0 Å². The number of hydrogen-bond acceptors (Lipinski definition) is 4. The lowest BCUT2D eigenvalue weighted by Gasteiger charge is -2.16. The Morgan fingerprint density at radius 2 is 1.21 bits per heavy atom. The molecule has 2 aromatic carbocycles. The normalized spacial score (nSPS) is 10.8. The summed E-state index contributed by atoms with van der Waals surface area (Å²) in [7, 11) is 3.09. The molecule has 0 bridgehead atoms. The fourth-order valence-corrected chi connectivity index (χ4v) is 3.14. The van der Waals surface area contributed by atoms with Crippen LogP contribution >= 0.6 is 0 Å². The molecule has 0 atom stereocenters. The molecule has 0 radical (unpaired) electrons. The van der Waals surface area contributed by atoms with E-state index in [-0.39, 0.29) is 29.9 Å². The first-order chi connectivity index (χ1) is 13.2. The van der Waals surface area contributed by atoms with Crippen LogP contribution in [0, 0.1) is 17.6 Å². The summed E-state index contributed by atoms with van der Waals surface area (Å²) in [4.78, 5) is 22.4. The summed E-state index contributed by atoms with van der Waals surface area (Å²) in [5.74, 6) is -3.92. The standard InChI is InChI=1S/C20H22F2N2O4/c1-10(4-11-6-17(23-2)13(19(25)26)8-15(11)21)5-12-7-18(24-3)14(20(27)28)9-16(12)22/h6-10,23-24H,4-5H2,1-3H3,(H,25,26)(H,27,28). The second-order valence-electron chi connectivity index (χ2n) is 6.60. The van der Waals surface area contributed by atoms with Gasteiger partial charge in [0.15, 0.2) is 0 Å². The summed E-state index contributed by atoms with van der Waals surface area (Å²) in [6, 6.07) is 4.82. The van der Waals surface area contributed by atoms with Crippen LogP contribution < -0.4 is 10.6 Å². The van der Waals surface area contributed by atoms with Gasteiger partial charge in [0.05, 0.1) is 11.1 Å². The molecule has 150 valence electrons. The van der Waals surface area contributed by atoms with E-state index < -0.39 is 23.6 Å². The molecule has 2 rings (SSSR count). The third-order valence-electron chi connectivity index (χ3n) is 4.51. The molecule has 0 heterocycles. The molecule has 0 saturated heterocycles. The Labute approximate surface area is 161 Å². The fraction of sp³-hybridized carbons (Fsp3) is 0.300. The van der Waals surface area contributed by atoms with E-state index >= 15 is 0 Å². The number of aromatic carboxylic acids is 2. The second-order valence-corrected chi connectivity index (χ2v) is 6.60. The Balaban J connectivity index is 2.26. The molecule has 0 aromatic heterocycles. The lowest BCUT2D eigenvalue weighted by Crippen LogP contribution is -2.11. The lowest BCUT2D eigenvalue weighted by molar-refractivity contribution is 0.0686. The monoisotopic (exact) mass is 392 g/mol. The Morgan fingerprint density at radius 1 is 0.857 bits per heavy atom. The molecule has 4 N–H and O–H groups in total. The van der Waals surface area contributed by atoms with E-state index in [9.17, 15) is 18.4 Å². The van der Waals surface area contributed by atoms with E-state index in [4.69, 9.17) is 10.2 Å². The van der Waals surface area contributed by atoms with Gasteiger partial charge in [0.1, 0.15) is 11.6 Å². The molecule has 28 heavy (non-hydrogen) atoms. The zero-order valence-electron chi connectivity index (χ0n) is 15.8. The SMILES string of the molecule is CNc1cc(CC(C)Cc2cc(NC)c(C(=O)O)cc2F)c(F)cc1C(=O)O. The minimum atomic E-state index is -1.23. The second kappa shape index (κ2) is 8.69. The van der Waals surface area contributed by atoms with Crippen LogP contribution in [0.25, 0.3) is 0 Å². The van der Waals surface area contributed by atoms with E-state index in [1.807, 2.05) is 6.92 Å². The molecule has 0 saturated carbocycles. The van der Waals surface area contributed by atoms with Crippen molar-refractivity contribution >= 4 is 23.3 Å². The summed E-state index contributed by atoms with van der Waals surface area (Å²) in [5, 5.41) is 23.7. The number of benzene rings is 2.